The van der Waals surface area contributed by atoms with Crippen LogP contribution in [0.4, 0.5) is 10.1 Å². The van der Waals surface area contributed by atoms with Crippen molar-refractivity contribution in [2.45, 2.75) is 56.7 Å². The van der Waals surface area contributed by atoms with Gasteiger partial charge < -0.3 is 15.0 Å². The standard InChI is InChI=1S/C25H25FN2O2/c1-15-2-4-16(5-3-15)17-8-19(9-17)30-18-6-7-21-20(10-18)22(11-27-21)28-23(29)24-12-25(26,13-24)14-24/h2-7,10-11,17,19,27H,8-9,12-14H2,1H3,(H,28,29). The molecule has 3 aromatic rings. The van der Waals surface area contributed by atoms with Crippen LogP contribution in [0.3, 0.4) is 0 Å². The summed E-state index contributed by atoms with van der Waals surface area (Å²) in [6, 6.07) is 14.7. The molecule has 0 aliphatic heterocycles. The minimum absolute atomic E-state index is 0.0609. The highest BCUT2D eigenvalue weighted by Crippen LogP contribution is 2.69. The molecule has 1 amide bonds. The monoisotopic (exact) mass is 404 g/mol. The summed E-state index contributed by atoms with van der Waals surface area (Å²) in [5.41, 5.74) is 2.80. The Kier molecular flexibility index (Phi) is 3.66. The zero-order chi connectivity index (χ0) is 20.5. The largest absolute Gasteiger partial charge is 0.490 e. The molecular formula is C25H25FN2O2. The Balaban J connectivity index is 1.12. The van der Waals surface area contributed by atoms with E-state index in [2.05, 4.69) is 41.5 Å². The van der Waals surface area contributed by atoms with Crippen LogP contribution in [0.5, 0.6) is 5.75 Å². The van der Waals surface area contributed by atoms with Crippen LogP contribution in [0, 0.1) is 12.3 Å². The molecule has 0 radical (unpaired) electrons. The van der Waals surface area contributed by atoms with E-state index in [-0.39, 0.29) is 12.0 Å². The molecule has 0 unspecified atom stereocenters. The van der Waals surface area contributed by atoms with Gasteiger partial charge in [0.05, 0.1) is 17.2 Å². The minimum Gasteiger partial charge on any atom is -0.490 e. The summed E-state index contributed by atoms with van der Waals surface area (Å²) in [5, 5.41) is 3.94. The van der Waals surface area contributed by atoms with Crippen LogP contribution >= 0.6 is 0 Å². The second-order valence-electron chi connectivity index (χ2n) is 9.64. The number of aryl methyl sites for hydroxylation is 1. The summed E-state index contributed by atoms with van der Waals surface area (Å²) in [7, 11) is 0. The van der Waals surface area contributed by atoms with Gasteiger partial charge in [-0.1, -0.05) is 29.8 Å². The number of benzene rings is 2. The Morgan fingerprint density at radius 2 is 1.87 bits per heavy atom. The van der Waals surface area contributed by atoms with Crippen LogP contribution in [0.2, 0.25) is 0 Å². The number of carbonyl (C=O) groups excluding carboxylic acids is 1. The van der Waals surface area contributed by atoms with Crippen LogP contribution in [-0.4, -0.2) is 22.7 Å². The van der Waals surface area contributed by atoms with Crippen LogP contribution in [0.25, 0.3) is 10.9 Å². The first kappa shape index (κ1) is 18.0. The number of fused-ring (bicyclic) bond motifs is 1. The predicted octanol–water partition coefficient (Wildman–Crippen LogP) is 5.63. The van der Waals surface area contributed by atoms with Gasteiger partial charge in [-0.25, -0.2) is 4.39 Å². The number of hydrogen-bond acceptors (Lipinski definition) is 2. The number of ether oxygens (including phenoxy) is 1. The van der Waals surface area contributed by atoms with Crippen molar-refractivity contribution in [2.24, 2.45) is 5.41 Å². The molecule has 0 saturated heterocycles. The lowest BCUT2D eigenvalue weighted by molar-refractivity contribution is -0.209. The average Bonchev–Trinajstić information content (AvgIpc) is 3.04. The number of amides is 1. The van der Waals surface area contributed by atoms with Crippen molar-refractivity contribution in [1.82, 2.24) is 4.98 Å². The van der Waals surface area contributed by atoms with E-state index in [4.69, 9.17) is 4.74 Å². The molecule has 4 aliphatic carbocycles. The normalized spacial score (nSPS) is 31.4. The van der Waals surface area contributed by atoms with E-state index in [1.165, 1.54) is 11.1 Å². The number of aromatic nitrogens is 1. The van der Waals surface area contributed by atoms with Gasteiger partial charge in [0.15, 0.2) is 0 Å². The van der Waals surface area contributed by atoms with Gasteiger partial charge in [-0.2, -0.15) is 0 Å². The number of hydrogen-bond donors (Lipinski definition) is 2. The summed E-state index contributed by atoms with van der Waals surface area (Å²) in [6.07, 6.45) is 5.16. The van der Waals surface area contributed by atoms with Crippen LogP contribution < -0.4 is 10.1 Å². The van der Waals surface area contributed by atoms with Gasteiger partial charge in [-0.15, -0.1) is 0 Å². The molecule has 4 saturated carbocycles. The van der Waals surface area contributed by atoms with Gasteiger partial charge in [0.2, 0.25) is 5.91 Å². The van der Waals surface area contributed by atoms with E-state index < -0.39 is 11.1 Å². The fourth-order valence-electron chi connectivity index (χ4n) is 5.40. The molecule has 4 nitrogen and oxygen atoms in total. The molecule has 154 valence electrons. The van der Waals surface area contributed by atoms with E-state index >= 15 is 0 Å². The molecule has 2 N–H and O–H groups in total. The van der Waals surface area contributed by atoms with Crippen molar-refractivity contribution in [3.05, 3.63) is 59.8 Å². The summed E-state index contributed by atoms with van der Waals surface area (Å²) in [6.45, 7) is 2.11. The Labute approximate surface area is 174 Å². The van der Waals surface area contributed by atoms with E-state index in [1.807, 2.05) is 18.2 Å². The van der Waals surface area contributed by atoms with E-state index in [0.717, 1.165) is 35.2 Å². The summed E-state index contributed by atoms with van der Waals surface area (Å²) >= 11 is 0. The summed E-state index contributed by atoms with van der Waals surface area (Å²) in [5.74, 6) is 1.32. The molecule has 2 bridgehead atoms. The van der Waals surface area contributed by atoms with Crippen molar-refractivity contribution in [1.29, 1.82) is 0 Å². The van der Waals surface area contributed by atoms with Crippen molar-refractivity contribution < 1.29 is 13.9 Å². The smallest absolute Gasteiger partial charge is 0.231 e. The average molecular weight is 404 g/mol. The number of rotatable bonds is 5. The third-order valence-corrected chi connectivity index (χ3v) is 7.30. The number of halogens is 1. The molecule has 4 fully saturated rings. The highest BCUT2D eigenvalue weighted by molar-refractivity contribution is 6.05. The second kappa shape index (κ2) is 6.10. The Hall–Kier alpha value is -2.82. The molecule has 7 rings (SSSR count). The highest BCUT2D eigenvalue weighted by atomic mass is 19.1. The minimum atomic E-state index is -1.07. The fourth-order valence-corrected chi connectivity index (χ4v) is 5.40. The molecular weight excluding hydrogens is 379 g/mol. The first-order valence-electron chi connectivity index (χ1n) is 10.8. The number of anilines is 1. The highest BCUT2D eigenvalue weighted by Gasteiger charge is 2.72. The molecule has 4 aliphatic rings. The number of H-pyrrole nitrogens is 1. The van der Waals surface area contributed by atoms with E-state index in [0.29, 0.717) is 25.2 Å². The SMILES string of the molecule is Cc1ccc(C2CC(Oc3ccc4[nH]cc(NC(=O)C56CC(F)(C5)C6)c4c3)C2)cc1. The zero-order valence-corrected chi connectivity index (χ0v) is 17.0. The first-order valence-corrected chi connectivity index (χ1v) is 10.8. The number of carbonyl (C=O) groups is 1. The quantitative estimate of drug-likeness (QED) is 0.579. The predicted molar refractivity (Wildman–Crippen MR) is 115 cm³/mol. The van der Waals surface area contributed by atoms with Gasteiger partial charge in [-0.3, -0.25) is 4.79 Å². The van der Waals surface area contributed by atoms with Crippen LogP contribution in [-0.2, 0) is 4.79 Å². The molecule has 5 heteroatoms. The number of nitrogens with one attached hydrogen (secondary N) is 2. The topological polar surface area (TPSA) is 54.1 Å². The summed E-state index contributed by atoms with van der Waals surface area (Å²) < 4.78 is 20.0. The van der Waals surface area contributed by atoms with Crippen molar-refractivity contribution in [3.8, 4) is 5.75 Å². The molecule has 30 heavy (non-hydrogen) atoms. The molecule has 1 aromatic heterocycles. The van der Waals surface area contributed by atoms with E-state index in [9.17, 15) is 9.18 Å². The number of aromatic amines is 1. The van der Waals surface area contributed by atoms with Gasteiger partial charge in [0.25, 0.3) is 0 Å². The molecule has 1 heterocycles. The van der Waals surface area contributed by atoms with Crippen LogP contribution in [0.1, 0.15) is 49.1 Å². The first-order chi connectivity index (χ1) is 14.4. The maximum Gasteiger partial charge on any atom is 0.231 e. The van der Waals surface area contributed by atoms with Gasteiger partial charge in [0.1, 0.15) is 11.4 Å². The number of alkyl halides is 1. The second-order valence-corrected chi connectivity index (χ2v) is 9.64. The van der Waals surface area contributed by atoms with E-state index in [1.54, 1.807) is 6.20 Å². The Morgan fingerprint density at radius 3 is 2.57 bits per heavy atom. The van der Waals surface area contributed by atoms with Gasteiger partial charge >= 0.3 is 0 Å². The van der Waals surface area contributed by atoms with Crippen LogP contribution in [0.15, 0.2) is 48.7 Å². The molecule has 0 spiro atoms. The maximum atomic E-state index is 13.8. The van der Waals surface area contributed by atoms with Crippen molar-refractivity contribution in [2.75, 3.05) is 5.32 Å². The Morgan fingerprint density at radius 1 is 1.13 bits per heavy atom. The van der Waals surface area contributed by atoms with Gasteiger partial charge in [0, 0.05) is 17.1 Å². The zero-order valence-electron chi connectivity index (χ0n) is 17.0. The lowest BCUT2D eigenvalue weighted by atomic mass is 9.42. The molecule has 0 atom stereocenters. The summed E-state index contributed by atoms with van der Waals surface area (Å²) in [4.78, 5) is 15.8. The third kappa shape index (κ3) is 2.75. The molecule has 2 aromatic carbocycles. The lowest BCUT2D eigenvalue weighted by Crippen LogP contribution is -2.68. The lowest BCUT2D eigenvalue weighted by Gasteiger charge is -2.64. The van der Waals surface area contributed by atoms with Crippen molar-refractivity contribution >= 4 is 22.5 Å². The Bertz CT molecular complexity index is 1120. The van der Waals surface area contributed by atoms with Gasteiger partial charge in [-0.05, 0) is 68.7 Å². The maximum absolute atomic E-state index is 13.8. The van der Waals surface area contributed by atoms with Crippen molar-refractivity contribution in [3.63, 3.8) is 0 Å². The fraction of sp³-hybridized carbons (Fsp3) is 0.400. The third-order valence-electron chi connectivity index (χ3n) is 7.30.